The molecule has 0 atom stereocenters. The quantitative estimate of drug-likeness (QED) is 0.647. The monoisotopic (exact) mass is 414 g/mol. The normalized spacial score (nSPS) is 17.1. The van der Waals surface area contributed by atoms with Gasteiger partial charge in [0.1, 0.15) is 18.7 Å². The molecule has 9 nitrogen and oxygen atoms in total. The molecule has 0 radical (unpaired) electrons. The maximum Gasteiger partial charge on any atom is 0.249 e. The van der Waals surface area contributed by atoms with Gasteiger partial charge in [0, 0.05) is 20.1 Å². The Morgan fingerprint density at radius 2 is 1.78 bits per heavy atom. The zero-order valence-corrected chi connectivity index (χ0v) is 16.6. The minimum Gasteiger partial charge on any atom is -0.492 e. The Bertz CT molecular complexity index is 965. The van der Waals surface area contributed by atoms with Crippen molar-refractivity contribution in [2.24, 2.45) is 7.05 Å². The van der Waals surface area contributed by atoms with E-state index in [1.807, 2.05) is 18.2 Å². The fourth-order valence-corrected chi connectivity index (χ4v) is 6.07. The third-order valence-electron chi connectivity index (χ3n) is 4.51. The van der Waals surface area contributed by atoms with Crippen molar-refractivity contribution in [1.29, 1.82) is 0 Å². The van der Waals surface area contributed by atoms with Crippen LogP contribution in [0, 0.1) is 0 Å². The summed E-state index contributed by atoms with van der Waals surface area (Å²) >= 11 is 0. The molecule has 2 heterocycles. The van der Waals surface area contributed by atoms with Crippen LogP contribution < -0.4 is 4.74 Å². The number of piperidine rings is 1. The zero-order chi connectivity index (χ0) is 19.5. The van der Waals surface area contributed by atoms with Gasteiger partial charge in [0.15, 0.2) is 0 Å². The number of sulfonamides is 1. The Labute approximate surface area is 158 Å². The van der Waals surface area contributed by atoms with Crippen molar-refractivity contribution < 1.29 is 21.6 Å². The molecule has 2 aromatic rings. The number of nitrogens with zero attached hydrogens (tertiary/aromatic N) is 4. The van der Waals surface area contributed by atoms with E-state index < -0.39 is 25.1 Å². The lowest BCUT2D eigenvalue weighted by Crippen LogP contribution is -2.44. The third kappa shape index (κ3) is 4.47. The van der Waals surface area contributed by atoms with E-state index in [-0.39, 0.29) is 43.4 Å². The molecule has 27 heavy (non-hydrogen) atoms. The van der Waals surface area contributed by atoms with Crippen LogP contribution in [0.2, 0.25) is 0 Å². The van der Waals surface area contributed by atoms with Crippen LogP contribution in [-0.2, 0) is 26.9 Å². The molecule has 1 aromatic heterocycles. The molecule has 1 aliphatic heterocycles. The van der Waals surface area contributed by atoms with Crippen molar-refractivity contribution in [3.05, 3.63) is 36.7 Å². The van der Waals surface area contributed by atoms with Crippen LogP contribution in [0.3, 0.4) is 0 Å². The standard InChI is InChI=1S/C16H22N4O5S2/c1-19-13-17-18-16(19)27(23,24)15-7-9-20(10-8-15)26(21,22)12-11-25-14-5-3-2-4-6-14/h2-6,13,15H,7-12H2,1H3. The first-order valence-electron chi connectivity index (χ1n) is 8.54. The Balaban J connectivity index is 1.55. The molecule has 0 aliphatic carbocycles. The number of rotatable bonds is 7. The van der Waals surface area contributed by atoms with Crippen molar-refractivity contribution >= 4 is 19.9 Å². The second-order valence-electron chi connectivity index (χ2n) is 6.35. The zero-order valence-electron chi connectivity index (χ0n) is 14.9. The highest BCUT2D eigenvalue weighted by Gasteiger charge is 2.37. The van der Waals surface area contributed by atoms with Gasteiger partial charge in [-0.3, -0.25) is 0 Å². The summed E-state index contributed by atoms with van der Waals surface area (Å²) < 4.78 is 58.4. The Morgan fingerprint density at radius 1 is 1.11 bits per heavy atom. The molecule has 0 amide bonds. The van der Waals surface area contributed by atoms with E-state index in [0.717, 1.165) is 0 Å². The maximum atomic E-state index is 12.6. The van der Waals surface area contributed by atoms with Gasteiger partial charge in [0.2, 0.25) is 25.0 Å². The molecule has 3 rings (SSSR count). The van der Waals surface area contributed by atoms with Gasteiger partial charge in [-0.05, 0) is 25.0 Å². The highest BCUT2D eigenvalue weighted by Crippen LogP contribution is 2.24. The van der Waals surface area contributed by atoms with Crippen LogP contribution in [0.25, 0.3) is 0 Å². The predicted octanol–water partition coefficient (Wildman–Crippen LogP) is 0.462. The molecule has 0 unspecified atom stereocenters. The molecule has 0 bridgehead atoms. The van der Waals surface area contributed by atoms with Gasteiger partial charge in [-0.2, -0.15) is 0 Å². The number of hydrogen-bond acceptors (Lipinski definition) is 7. The van der Waals surface area contributed by atoms with Gasteiger partial charge in [0.05, 0.1) is 11.0 Å². The summed E-state index contributed by atoms with van der Waals surface area (Å²) in [6, 6.07) is 8.99. The second-order valence-corrected chi connectivity index (χ2v) is 10.6. The molecule has 1 saturated heterocycles. The SMILES string of the molecule is Cn1cnnc1S(=O)(=O)C1CCN(S(=O)(=O)CCOc2ccccc2)CC1. The third-order valence-corrected chi connectivity index (χ3v) is 8.57. The lowest BCUT2D eigenvalue weighted by molar-refractivity contribution is 0.321. The first-order valence-corrected chi connectivity index (χ1v) is 11.7. The fraction of sp³-hybridized carbons (Fsp3) is 0.500. The van der Waals surface area contributed by atoms with Crippen LogP contribution in [0.15, 0.2) is 41.8 Å². The van der Waals surface area contributed by atoms with E-state index in [0.29, 0.717) is 5.75 Å². The lowest BCUT2D eigenvalue weighted by Gasteiger charge is -2.30. The fourth-order valence-electron chi connectivity index (χ4n) is 3.01. The molecular weight excluding hydrogens is 392 g/mol. The van der Waals surface area contributed by atoms with Crippen molar-refractivity contribution in [1.82, 2.24) is 19.1 Å². The maximum absolute atomic E-state index is 12.6. The van der Waals surface area contributed by atoms with E-state index in [4.69, 9.17) is 4.74 Å². The Kier molecular flexibility index (Phi) is 5.82. The number of para-hydroxylation sites is 1. The number of benzene rings is 1. The molecule has 0 N–H and O–H groups in total. The molecular formula is C16H22N4O5S2. The Morgan fingerprint density at radius 3 is 2.37 bits per heavy atom. The minimum absolute atomic E-state index is 0.0452. The number of aryl methyl sites for hydroxylation is 1. The molecule has 148 valence electrons. The summed E-state index contributed by atoms with van der Waals surface area (Å²) in [4.78, 5) is 0. The van der Waals surface area contributed by atoms with Crippen molar-refractivity contribution in [2.75, 3.05) is 25.4 Å². The largest absolute Gasteiger partial charge is 0.492 e. The van der Waals surface area contributed by atoms with Crippen LogP contribution >= 0.6 is 0 Å². The van der Waals surface area contributed by atoms with Crippen LogP contribution in [-0.4, -0.2) is 66.6 Å². The summed E-state index contributed by atoms with van der Waals surface area (Å²) in [5.41, 5.74) is 0. The summed E-state index contributed by atoms with van der Waals surface area (Å²) in [6.07, 6.45) is 1.79. The van der Waals surface area contributed by atoms with Gasteiger partial charge in [-0.15, -0.1) is 10.2 Å². The Hall–Kier alpha value is -1.98. The van der Waals surface area contributed by atoms with Gasteiger partial charge in [-0.1, -0.05) is 18.2 Å². The van der Waals surface area contributed by atoms with Gasteiger partial charge < -0.3 is 9.30 Å². The van der Waals surface area contributed by atoms with Crippen LogP contribution in [0.5, 0.6) is 5.75 Å². The van der Waals surface area contributed by atoms with Crippen molar-refractivity contribution in [2.45, 2.75) is 23.2 Å². The van der Waals surface area contributed by atoms with Gasteiger partial charge in [0.25, 0.3) is 0 Å². The van der Waals surface area contributed by atoms with Crippen molar-refractivity contribution in [3.63, 3.8) is 0 Å². The van der Waals surface area contributed by atoms with E-state index in [1.165, 1.54) is 15.2 Å². The molecule has 1 fully saturated rings. The highest BCUT2D eigenvalue weighted by atomic mass is 32.2. The average Bonchev–Trinajstić information content (AvgIpc) is 3.09. The topological polar surface area (TPSA) is 111 Å². The molecule has 1 aliphatic rings. The van der Waals surface area contributed by atoms with E-state index in [9.17, 15) is 16.8 Å². The predicted molar refractivity (Wildman–Crippen MR) is 98.5 cm³/mol. The van der Waals surface area contributed by atoms with Crippen molar-refractivity contribution in [3.8, 4) is 5.75 Å². The molecule has 0 spiro atoms. The summed E-state index contributed by atoms with van der Waals surface area (Å²) in [6.45, 7) is 0.369. The second kappa shape index (κ2) is 7.95. The van der Waals surface area contributed by atoms with Crippen LogP contribution in [0.1, 0.15) is 12.8 Å². The minimum atomic E-state index is -3.63. The smallest absolute Gasteiger partial charge is 0.249 e. The lowest BCUT2D eigenvalue weighted by atomic mass is 10.2. The summed E-state index contributed by atoms with van der Waals surface area (Å²) in [7, 11) is -5.56. The van der Waals surface area contributed by atoms with Gasteiger partial charge in [-0.25, -0.2) is 21.1 Å². The van der Waals surface area contributed by atoms with Crippen LogP contribution in [0.4, 0.5) is 0 Å². The molecule has 0 saturated carbocycles. The van der Waals surface area contributed by atoms with E-state index in [2.05, 4.69) is 10.2 Å². The first-order chi connectivity index (χ1) is 12.8. The number of hydrogen-bond donors (Lipinski definition) is 0. The van der Waals surface area contributed by atoms with E-state index >= 15 is 0 Å². The number of sulfone groups is 1. The number of aromatic nitrogens is 3. The molecule has 11 heteroatoms. The summed E-state index contributed by atoms with van der Waals surface area (Å²) in [5, 5.41) is 6.54. The van der Waals surface area contributed by atoms with Gasteiger partial charge >= 0.3 is 0 Å². The number of ether oxygens (including phenoxy) is 1. The average molecular weight is 415 g/mol. The summed E-state index contributed by atoms with van der Waals surface area (Å²) in [5.74, 6) is 0.462. The first kappa shape index (κ1) is 19.8. The molecule has 1 aromatic carbocycles. The van der Waals surface area contributed by atoms with E-state index in [1.54, 1.807) is 19.2 Å². The highest BCUT2D eigenvalue weighted by molar-refractivity contribution is 7.92.